The van der Waals surface area contributed by atoms with E-state index in [1.165, 1.54) is 5.56 Å². The molecule has 0 amide bonds. The number of benzene rings is 1. The van der Waals surface area contributed by atoms with Crippen molar-refractivity contribution in [2.45, 2.75) is 36.7 Å². The lowest BCUT2D eigenvalue weighted by Crippen LogP contribution is -2.27. The van der Waals surface area contributed by atoms with E-state index in [2.05, 4.69) is 52.8 Å². The number of aromatic nitrogens is 3. The van der Waals surface area contributed by atoms with Crippen LogP contribution in [-0.4, -0.2) is 27.1 Å². The lowest BCUT2D eigenvalue weighted by atomic mass is 10.0. The van der Waals surface area contributed by atoms with Gasteiger partial charge in [-0.1, -0.05) is 49.0 Å². The third-order valence-corrected chi connectivity index (χ3v) is 5.03. The van der Waals surface area contributed by atoms with Crippen LogP contribution in [-0.2, 0) is 7.05 Å². The van der Waals surface area contributed by atoms with Crippen molar-refractivity contribution in [2.75, 3.05) is 7.05 Å². The van der Waals surface area contributed by atoms with Gasteiger partial charge in [-0.2, -0.15) is 0 Å². The van der Waals surface area contributed by atoms with Crippen molar-refractivity contribution in [3.05, 3.63) is 41.7 Å². The Hall–Kier alpha value is -1.33. The second-order valence-electron chi connectivity index (χ2n) is 4.83. The molecule has 1 aromatic heterocycles. The average molecular weight is 290 g/mol. The van der Waals surface area contributed by atoms with E-state index in [0.717, 1.165) is 17.4 Å². The van der Waals surface area contributed by atoms with E-state index in [9.17, 15) is 0 Å². The first-order valence-corrected chi connectivity index (χ1v) is 7.80. The molecule has 2 rings (SSSR count). The van der Waals surface area contributed by atoms with Crippen LogP contribution >= 0.6 is 11.8 Å². The second kappa shape index (κ2) is 6.90. The number of nitrogens with one attached hydrogen (secondary N) is 1. The summed E-state index contributed by atoms with van der Waals surface area (Å²) in [4.78, 5) is 0. The summed E-state index contributed by atoms with van der Waals surface area (Å²) < 4.78 is 2.05. The molecular formula is C15H22N4S. The van der Waals surface area contributed by atoms with Crippen molar-refractivity contribution in [3.63, 3.8) is 0 Å². The Balaban J connectivity index is 2.20. The number of rotatable bonds is 6. The van der Waals surface area contributed by atoms with Gasteiger partial charge < -0.3 is 9.88 Å². The Morgan fingerprint density at radius 3 is 2.45 bits per heavy atom. The predicted molar refractivity (Wildman–Crippen MR) is 83.9 cm³/mol. The Morgan fingerprint density at radius 2 is 1.95 bits per heavy atom. The molecule has 0 bridgehead atoms. The van der Waals surface area contributed by atoms with Crippen LogP contribution in [0.15, 0.2) is 35.5 Å². The van der Waals surface area contributed by atoms with E-state index in [-0.39, 0.29) is 0 Å². The minimum Gasteiger partial charge on any atom is -0.312 e. The predicted octanol–water partition coefficient (Wildman–Crippen LogP) is 2.95. The molecule has 1 aromatic carbocycles. The number of hydrogen-bond donors (Lipinski definition) is 1. The van der Waals surface area contributed by atoms with Gasteiger partial charge in [0.05, 0.1) is 0 Å². The lowest BCUT2D eigenvalue weighted by molar-refractivity contribution is 0.553. The first kappa shape index (κ1) is 15.1. The Morgan fingerprint density at radius 1 is 1.25 bits per heavy atom. The van der Waals surface area contributed by atoms with Gasteiger partial charge in [-0.05, 0) is 26.0 Å². The van der Waals surface area contributed by atoms with Crippen molar-refractivity contribution < 1.29 is 0 Å². The Kier molecular flexibility index (Phi) is 5.20. The molecule has 5 heteroatoms. The first-order valence-electron chi connectivity index (χ1n) is 6.92. The monoisotopic (exact) mass is 290 g/mol. The van der Waals surface area contributed by atoms with Crippen molar-refractivity contribution in [1.29, 1.82) is 0 Å². The maximum atomic E-state index is 4.26. The molecule has 0 spiro atoms. The molecule has 0 saturated heterocycles. The maximum Gasteiger partial charge on any atom is 0.191 e. The van der Waals surface area contributed by atoms with Gasteiger partial charge in [-0.3, -0.25) is 0 Å². The molecule has 0 saturated carbocycles. The van der Waals surface area contributed by atoms with Crippen LogP contribution in [0.1, 0.15) is 30.8 Å². The largest absolute Gasteiger partial charge is 0.312 e. The van der Waals surface area contributed by atoms with Crippen LogP contribution in [0, 0.1) is 6.92 Å². The summed E-state index contributed by atoms with van der Waals surface area (Å²) in [5, 5.41) is 13.2. The van der Waals surface area contributed by atoms with Gasteiger partial charge in [-0.15, -0.1) is 10.2 Å². The summed E-state index contributed by atoms with van der Waals surface area (Å²) in [5.74, 6) is 0.947. The van der Waals surface area contributed by atoms with E-state index < -0.39 is 0 Å². The number of thioether (sulfide) groups is 1. The van der Waals surface area contributed by atoms with Gasteiger partial charge in [0.1, 0.15) is 5.82 Å². The second-order valence-corrected chi connectivity index (χ2v) is 6.04. The Labute approximate surface area is 125 Å². The average Bonchev–Trinajstić information content (AvgIpc) is 2.80. The van der Waals surface area contributed by atoms with Crippen molar-refractivity contribution in [1.82, 2.24) is 20.1 Å². The molecule has 0 aliphatic carbocycles. The summed E-state index contributed by atoms with van der Waals surface area (Å²) in [7, 11) is 4.03. The topological polar surface area (TPSA) is 42.7 Å². The van der Waals surface area contributed by atoms with Gasteiger partial charge in [-0.25, -0.2) is 0 Å². The smallest absolute Gasteiger partial charge is 0.191 e. The van der Waals surface area contributed by atoms with Gasteiger partial charge >= 0.3 is 0 Å². The zero-order valence-corrected chi connectivity index (χ0v) is 13.3. The summed E-state index contributed by atoms with van der Waals surface area (Å²) in [6.45, 7) is 4.19. The highest BCUT2D eigenvalue weighted by Gasteiger charge is 2.23. The molecule has 0 fully saturated rings. The minimum atomic E-state index is 0.309. The standard InChI is InChI=1S/C15H22N4S/c1-5-13(20-15-18-17-11(2)19(15)4)14(16-3)12-9-7-6-8-10-12/h6-10,13-14,16H,5H2,1-4H3. The summed E-state index contributed by atoms with van der Waals surface area (Å²) in [6, 6.07) is 10.9. The van der Waals surface area contributed by atoms with E-state index in [4.69, 9.17) is 0 Å². The molecule has 0 aliphatic rings. The van der Waals surface area contributed by atoms with Crippen LogP contribution < -0.4 is 5.32 Å². The zero-order valence-electron chi connectivity index (χ0n) is 12.5. The molecule has 2 unspecified atom stereocenters. The third kappa shape index (κ3) is 3.22. The van der Waals surface area contributed by atoms with E-state index in [1.54, 1.807) is 11.8 Å². The van der Waals surface area contributed by atoms with Crippen molar-refractivity contribution in [2.24, 2.45) is 7.05 Å². The van der Waals surface area contributed by atoms with Crippen molar-refractivity contribution >= 4 is 11.8 Å². The van der Waals surface area contributed by atoms with Crippen LogP contribution in [0.4, 0.5) is 0 Å². The molecule has 2 aromatic rings. The fraction of sp³-hybridized carbons (Fsp3) is 0.467. The Bertz CT molecular complexity index is 538. The summed E-state index contributed by atoms with van der Waals surface area (Å²) in [6.07, 6.45) is 1.07. The molecule has 20 heavy (non-hydrogen) atoms. The highest BCUT2D eigenvalue weighted by Crippen LogP contribution is 2.33. The third-order valence-electron chi connectivity index (χ3n) is 3.55. The van der Waals surface area contributed by atoms with Gasteiger partial charge in [0.2, 0.25) is 0 Å². The van der Waals surface area contributed by atoms with E-state index >= 15 is 0 Å². The highest BCUT2D eigenvalue weighted by atomic mass is 32.2. The maximum absolute atomic E-state index is 4.26. The molecule has 1 N–H and O–H groups in total. The molecule has 2 atom stereocenters. The fourth-order valence-electron chi connectivity index (χ4n) is 2.24. The highest BCUT2D eigenvalue weighted by molar-refractivity contribution is 7.99. The van der Waals surface area contributed by atoms with Crippen LogP contribution in [0.2, 0.25) is 0 Å². The molecule has 4 nitrogen and oxygen atoms in total. The minimum absolute atomic E-state index is 0.309. The van der Waals surface area contributed by atoms with Gasteiger partial charge in [0.15, 0.2) is 5.16 Å². The molecule has 0 radical (unpaired) electrons. The summed E-state index contributed by atoms with van der Waals surface area (Å²) in [5.41, 5.74) is 1.31. The van der Waals surface area contributed by atoms with Crippen LogP contribution in [0.25, 0.3) is 0 Å². The number of hydrogen-bond acceptors (Lipinski definition) is 4. The molecule has 0 aliphatic heterocycles. The molecule has 1 heterocycles. The molecule has 108 valence electrons. The molecular weight excluding hydrogens is 268 g/mol. The van der Waals surface area contributed by atoms with E-state index in [1.807, 2.05) is 25.6 Å². The fourth-order valence-corrected chi connectivity index (χ4v) is 3.49. The van der Waals surface area contributed by atoms with E-state index in [0.29, 0.717) is 11.3 Å². The van der Waals surface area contributed by atoms with Crippen LogP contribution in [0.5, 0.6) is 0 Å². The SMILES string of the molecule is CCC(Sc1nnc(C)n1C)C(NC)c1ccccc1. The van der Waals surface area contributed by atoms with Gasteiger partial charge in [0, 0.05) is 18.3 Å². The van der Waals surface area contributed by atoms with Crippen molar-refractivity contribution in [3.8, 4) is 0 Å². The lowest BCUT2D eigenvalue weighted by Gasteiger charge is -2.25. The number of nitrogens with zero attached hydrogens (tertiary/aromatic N) is 3. The van der Waals surface area contributed by atoms with Gasteiger partial charge in [0.25, 0.3) is 0 Å². The zero-order chi connectivity index (χ0) is 14.5. The first-order chi connectivity index (χ1) is 9.67. The quantitative estimate of drug-likeness (QED) is 0.831. The van der Waals surface area contributed by atoms with Crippen LogP contribution in [0.3, 0.4) is 0 Å². The normalized spacial score (nSPS) is 14.2. The summed E-state index contributed by atoms with van der Waals surface area (Å²) >= 11 is 1.79. The number of aryl methyl sites for hydroxylation is 1.